The van der Waals surface area contributed by atoms with Crippen LogP contribution in [-0.4, -0.2) is 25.7 Å². The lowest BCUT2D eigenvalue weighted by Crippen LogP contribution is -2.13. The van der Waals surface area contributed by atoms with Crippen LogP contribution in [0.4, 0.5) is 0 Å². The van der Waals surface area contributed by atoms with Crippen LogP contribution >= 0.6 is 0 Å². The van der Waals surface area contributed by atoms with Crippen LogP contribution in [0.1, 0.15) is 31.7 Å². The number of hydrogen-bond donors (Lipinski definition) is 0. The Balaban J connectivity index is 1.90. The van der Waals surface area contributed by atoms with Crippen LogP contribution in [0, 0.1) is 0 Å². The smallest absolute Gasteiger partial charge is 0.232 e. The molecule has 1 heterocycles. The van der Waals surface area contributed by atoms with E-state index < -0.39 is 0 Å². The molecule has 2 rings (SSSR count). The molecule has 0 aliphatic carbocycles. The van der Waals surface area contributed by atoms with Crippen molar-refractivity contribution in [2.24, 2.45) is 5.16 Å². The SMILES string of the molecule is C=C(C1=NO[C@H](OCCCC)C1)c1ccc(OC)cc1. The van der Waals surface area contributed by atoms with Crippen molar-refractivity contribution in [1.82, 2.24) is 0 Å². The summed E-state index contributed by atoms with van der Waals surface area (Å²) in [6.45, 7) is 6.92. The van der Waals surface area contributed by atoms with Crippen LogP contribution in [-0.2, 0) is 9.57 Å². The molecule has 1 aliphatic rings. The van der Waals surface area contributed by atoms with Crippen molar-refractivity contribution in [3.05, 3.63) is 36.4 Å². The molecule has 0 saturated heterocycles. The molecule has 0 radical (unpaired) electrons. The zero-order valence-corrected chi connectivity index (χ0v) is 12.1. The Bertz CT molecular complexity index is 479. The first-order chi connectivity index (χ1) is 9.74. The highest BCUT2D eigenvalue weighted by atomic mass is 16.8. The molecule has 4 heteroatoms. The van der Waals surface area contributed by atoms with Crippen LogP contribution in [0.25, 0.3) is 5.57 Å². The lowest BCUT2D eigenvalue weighted by Gasteiger charge is -2.09. The summed E-state index contributed by atoms with van der Waals surface area (Å²) in [6.07, 6.45) is 2.52. The van der Waals surface area contributed by atoms with E-state index in [9.17, 15) is 0 Å². The fourth-order valence-electron chi connectivity index (χ4n) is 1.94. The minimum atomic E-state index is -0.272. The van der Waals surface area contributed by atoms with Gasteiger partial charge in [-0.3, -0.25) is 0 Å². The lowest BCUT2D eigenvalue weighted by atomic mass is 10.0. The highest BCUT2D eigenvalue weighted by Gasteiger charge is 2.23. The molecule has 0 N–H and O–H groups in total. The fourth-order valence-corrected chi connectivity index (χ4v) is 1.94. The monoisotopic (exact) mass is 275 g/mol. The van der Waals surface area contributed by atoms with Crippen molar-refractivity contribution < 1.29 is 14.3 Å². The second-order valence-corrected chi connectivity index (χ2v) is 4.71. The highest BCUT2D eigenvalue weighted by Crippen LogP contribution is 2.24. The first-order valence-electron chi connectivity index (χ1n) is 6.92. The Morgan fingerprint density at radius 2 is 2.15 bits per heavy atom. The van der Waals surface area contributed by atoms with Gasteiger partial charge in [-0.1, -0.05) is 37.2 Å². The van der Waals surface area contributed by atoms with E-state index in [1.807, 2.05) is 24.3 Å². The van der Waals surface area contributed by atoms with Gasteiger partial charge in [-0.2, -0.15) is 0 Å². The molecule has 108 valence electrons. The maximum atomic E-state index is 5.60. The Labute approximate surface area is 120 Å². The fraction of sp³-hybridized carbons (Fsp3) is 0.438. The Morgan fingerprint density at radius 1 is 1.40 bits per heavy atom. The number of hydrogen-bond acceptors (Lipinski definition) is 4. The Kier molecular flexibility index (Phi) is 5.18. The molecule has 0 aromatic heterocycles. The first kappa shape index (κ1) is 14.6. The van der Waals surface area contributed by atoms with E-state index in [2.05, 4.69) is 18.7 Å². The largest absolute Gasteiger partial charge is 0.497 e. The summed E-state index contributed by atoms with van der Waals surface area (Å²) >= 11 is 0. The third-order valence-corrected chi connectivity index (χ3v) is 3.23. The van der Waals surface area contributed by atoms with Gasteiger partial charge in [0.2, 0.25) is 6.29 Å². The molecule has 0 saturated carbocycles. The third-order valence-electron chi connectivity index (χ3n) is 3.23. The average molecular weight is 275 g/mol. The van der Waals surface area contributed by atoms with Crippen LogP contribution in [0.15, 0.2) is 36.0 Å². The zero-order valence-electron chi connectivity index (χ0n) is 12.1. The van der Waals surface area contributed by atoms with Gasteiger partial charge >= 0.3 is 0 Å². The van der Waals surface area contributed by atoms with Gasteiger partial charge in [0.25, 0.3) is 0 Å². The van der Waals surface area contributed by atoms with E-state index in [1.165, 1.54) is 0 Å². The summed E-state index contributed by atoms with van der Waals surface area (Å²) in [5.41, 5.74) is 2.73. The van der Waals surface area contributed by atoms with Crippen molar-refractivity contribution in [2.45, 2.75) is 32.5 Å². The number of ether oxygens (including phenoxy) is 2. The van der Waals surface area contributed by atoms with Crippen molar-refractivity contribution in [2.75, 3.05) is 13.7 Å². The molecule has 0 bridgehead atoms. The predicted molar refractivity (Wildman–Crippen MR) is 79.8 cm³/mol. The molecule has 1 aromatic carbocycles. The maximum absolute atomic E-state index is 5.60. The molecule has 1 aliphatic heterocycles. The third kappa shape index (κ3) is 3.61. The van der Waals surface area contributed by atoms with Gasteiger partial charge < -0.3 is 14.3 Å². The van der Waals surface area contributed by atoms with E-state index in [-0.39, 0.29) is 6.29 Å². The van der Waals surface area contributed by atoms with Crippen LogP contribution in [0.5, 0.6) is 5.75 Å². The average Bonchev–Trinajstić information content (AvgIpc) is 2.96. The van der Waals surface area contributed by atoms with Crippen LogP contribution in [0.2, 0.25) is 0 Å². The zero-order chi connectivity index (χ0) is 14.4. The number of nitrogens with zero attached hydrogens (tertiary/aromatic N) is 1. The van der Waals surface area contributed by atoms with Gasteiger partial charge in [0.05, 0.1) is 25.8 Å². The van der Waals surface area contributed by atoms with E-state index in [4.69, 9.17) is 14.3 Å². The summed E-state index contributed by atoms with van der Waals surface area (Å²) in [5, 5.41) is 4.08. The van der Waals surface area contributed by atoms with E-state index in [1.54, 1.807) is 7.11 Å². The van der Waals surface area contributed by atoms with Gasteiger partial charge in [0.1, 0.15) is 5.75 Å². The molecule has 0 amide bonds. The number of methoxy groups -OCH3 is 1. The van der Waals surface area contributed by atoms with Crippen LogP contribution in [0.3, 0.4) is 0 Å². The van der Waals surface area contributed by atoms with Crippen molar-refractivity contribution >= 4 is 11.3 Å². The second kappa shape index (κ2) is 7.10. The van der Waals surface area contributed by atoms with Crippen molar-refractivity contribution in [3.63, 3.8) is 0 Å². The minimum absolute atomic E-state index is 0.272. The van der Waals surface area contributed by atoms with Gasteiger partial charge in [0, 0.05) is 0 Å². The van der Waals surface area contributed by atoms with E-state index in [0.29, 0.717) is 13.0 Å². The normalized spacial score (nSPS) is 17.5. The van der Waals surface area contributed by atoms with Gasteiger partial charge in [-0.15, -0.1) is 0 Å². The number of rotatable bonds is 7. The number of allylic oxidation sites excluding steroid dienone is 1. The quantitative estimate of drug-likeness (QED) is 0.713. The molecule has 4 nitrogen and oxygen atoms in total. The molecule has 0 fully saturated rings. The number of benzene rings is 1. The molecule has 20 heavy (non-hydrogen) atoms. The predicted octanol–water partition coefficient (Wildman–Crippen LogP) is 3.63. The summed E-state index contributed by atoms with van der Waals surface area (Å²) < 4.78 is 10.7. The molecule has 1 aromatic rings. The Morgan fingerprint density at radius 3 is 2.80 bits per heavy atom. The van der Waals surface area contributed by atoms with Gasteiger partial charge in [-0.05, 0) is 29.7 Å². The topological polar surface area (TPSA) is 40.0 Å². The molecule has 0 unspecified atom stereocenters. The summed E-state index contributed by atoms with van der Waals surface area (Å²) in [4.78, 5) is 5.28. The highest BCUT2D eigenvalue weighted by molar-refractivity contribution is 6.23. The molecule has 0 spiro atoms. The molecule has 1 atom stereocenters. The molecular weight excluding hydrogens is 254 g/mol. The van der Waals surface area contributed by atoms with Crippen molar-refractivity contribution in [1.29, 1.82) is 0 Å². The van der Waals surface area contributed by atoms with Crippen LogP contribution < -0.4 is 4.74 Å². The number of unbranched alkanes of at least 4 members (excludes halogenated alkanes) is 1. The summed E-state index contributed by atoms with van der Waals surface area (Å²) in [5.74, 6) is 0.826. The van der Waals surface area contributed by atoms with E-state index in [0.717, 1.165) is 35.4 Å². The second-order valence-electron chi connectivity index (χ2n) is 4.71. The Hall–Kier alpha value is -1.81. The van der Waals surface area contributed by atoms with E-state index >= 15 is 0 Å². The van der Waals surface area contributed by atoms with Gasteiger partial charge in [-0.25, -0.2) is 0 Å². The number of oxime groups is 1. The van der Waals surface area contributed by atoms with Crippen molar-refractivity contribution in [3.8, 4) is 5.75 Å². The summed E-state index contributed by atoms with van der Waals surface area (Å²) in [6, 6.07) is 7.75. The lowest BCUT2D eigenvalue weighted by molar-refractivity contribution is -0.124. The molecular formula is C16H21NO3. The maximum Gasteiger partial charge on any atom is 0.232 e. The first-order valence-corrected chi connectivity index (χ1v) is 6.92. The minimum Gasteiger partial charge on any atom is -0.497 e. The van der Waals surface area contributed by atoms with Gasteiger partial charge in [0.15, 0.2) is 0 Å². The standard InChI is InChI=1S/C16H21NO3/c1-4-5-10-19-16-11-15(17-20-16)12(2)13-6-8-14(18-3)9-7-13/h6-9,16H,2,4-5,10-11H2,1,3H3/t16-/m0/s1. The summed E-state index contributed by atoms with van der Waals surface area (Å²) in [7, 11) is 1.65.